The van der Waals surface area contributed by atoms with E-state index in [9.17, 15) is 18.0 Å². The van der Waals surface area contributed by atoms with Crippen molar-refractivity contribution in [1.29, 1.82) is 0 Å². The maximum Gasteiger partial charge on any atom is 0.323 e. The Morgan fingerprint density at radius 1 is 0.833 bits per heavy atom. The smallest absolute Gasteiger partial charge is 0.323 e. The number of fused-ring (bicyclic) bond motifs is 1. The number of aromatic nitrogens is 1. The van der Waals surface area contributed by atoms with Gasteiger partial charge in [0, 0.05) is 53.5 Å². The van der Waals surface area contributed by atoms with Gasteiger partial charge in [-0.15, -0.1) is 6.42 Å². The van der Waals surface area contributed by atoms with E-state index in [2.05, 4.69) is 36.9 Å². The molecule has 316 valence electrons. The average molecular weight is 839 g/mol. The van der Waals surface area contributed by atoms with Gasteiger partial charge in [-0.05, 0) is 66.6 Å². The number of ether oxygens (including phenoxy) is 5. The van der Waals surface area contributed by atoms with Gasteiger partial charge in [0.1, 0.15) is 22.2 Å². The first-order valence-corrected chi connectivity index (χ1v) is 20.5. The molecule has 60 heavy (non-hydrogen) atoms. The van der Waals surface area contributed by atoms with Crippen LogP contribution in [0.4, 0.5) is 27.7 Å². The molecule has 3 amide bonds. The lowest BCUT2D eigenvalue weighted by Gasteiger charge is -2.23. The SMILES string of the molecule is C#Cc1cc(Nc2cc(Oc3ccc(NC(=O)Nc4cc(C(C)(C)C)cc(S(=O)(=O)NC)c4OC)c4ccccc34)ccn2)cc(C(=O)NCCOCCOCCOC)c1. The summed E-state index contributed by atoms with van der Waals surface area (Å²) >= 11 is 0. The van der Waals surface area contributed by atoms with Gasteiger partial charge >= 0.3 is 6.03 Å². The van der Waals surface area contributed by atoms with Gasteiger partial charge in [0.15, 0.2) is 5.75 Å². The highest BCUT2D eigenvalue weighted by Crippen LogP contribution is 2.39. The Bertz CT molecular complexity index is 2460. The van der Waals surface area contributed by atoms with E-state index < -0.39 is 21.5 Å². The number of amides is 3. The Morgan fingerprint density at radius 2 is 1.55 bits per heavy atom. The van der Waals surface area contributed by atoms with Gasteiger partial charge in [-0.2, -0.15) is 0 Å². The molecule has 0 bridgehead atoms. The molecule has 1 aromatic heterocycles. The fourth-order valence-corrected chi connectivity index (χ4v) is 6.87. The molecule has 0 aliphatic heterocycles. The Morgan fingerprint density at radius 3 is 2.25 bits per heavy atom. The summed E-state index contributed by atoms with van der Waals surface area (Å²) in [5.41, 5.74) is 2.31. The number of benzene rings is 4. The van der Waals surface area contributed by atoms with E-state index >= 15 is 0 Å². The molecule has 0 saturated carbocycles. The fourth-order valence-electron chi connectivity index (χ4n) is 5.93. The van der Waals surface area contributed by atoms with Crippen molar-refractivity contribution in [1.82, 2.24) is 15.0 Å². The average Bonchev–Trinajstić information content (AvgIpc) is 3.23. The summed E-state index contributed by atoms with van der Waals surface area (Å²) < 4.78 is 55.9. The van der Waals surface area contributed by atoms with E-state index in [1.165, 1.54) is 14.2 Å². The number of urea groups is 1. The second kappa shape index (κ2) is 20.7. The van der Waals surface area contributed by atoms with Crippen molar-refractivity contribution in [3.05, 3.63) is 102 Å². The Balaban J connectivity index is 1.29. The topological polar surface area (TPSA) is 187 Å². The highest BCUT2D eigenvalue weighted by atomic mass is 32.2. The van der Waals surface area contributed by atoms with Crippen LogP contribution in [0.3, 0.4) is 0 Å². The lowest BCUT2D eigenvalue weighted by Crippen LogP contribution is -2.27. The molecule has 15 nitrogen and oxygen atoms in total. The number of anilines is 4. The van der Waals surface area contributed by atoms with Gasteiger partial charge in [-0.25, -0.2) is 22.9 Å². The lowest BCUT2D eigenvalue weighted by atomic mass is 9.86. The minimum absolute atomic E-state index is 0.00400. The third-order valence-electron chi connectivity index (χ3n) is 8.99. The zero-order valence-corrected chi connectivity index (χ0v) is 35.2. The maximum atomic E-state index is 13.5. The summed E-state index contributed by atoms with van der Waals surface area (Å²) in [4.78, 5) is 30.9. The second-order valence-electron chi connectivity index (χ2n) is 14.3. The van der Waals surface area contributed by atoms with Crippen molar-refractivity contribution in [3.63, 3.8) is 0 Å². The van der Waals surface area contributed by atoms with Crippen molar-refractivity contribution >= 4 is 55.6 Å². The molecule has 0 fully saturated rings. The lowest BCUT2D eigenvalue weighted by molar-refractivity contribution is 0.0255. The van der Waals surface area contributed by atoms with Gasteiger partial charge in [0.25, 0.3) is 5.91 Å². The zero-order chi connectivity index (χ0) is 43.3. The van der Waals surface area contributed by atoms with Gasteiger partial charge in [0.05, 0.1) is 51.5 Å². The monoisotopic (exact) mass is 838 g/mol. The number of carbonyl (C=O) groups is 2. The number of nitrogens with zero attached hydrogens (tertiary/aromatic N) is 1. The van der Waals surface area contributed by atoms with Crippen LogP contribution in [0, 0.1) is 12.3 Å². The molecule has 5 aromatic rings. The number of pyridine rings is 1. The van der Waals surface area contributed by atoms with Crippen LogP contribution >= 0.6 is 0 Å². The highest BCUT2D eigenvalue weighted by Gasteiger charge is 2.27. The van der Waals surface area contributed by atoms with Crippen LogP contribution in [0.25, 0.3) is 10.8 Å². The Labute approximate surface area is 350 Å². The van der Waals surface area contributed by atoms with Crippen molar-refractivity contribution in [2.24, 2.45) is 0 Å². The molecule has 0 radical (unpaired) electrons. The van der Waals surface area contributed by atoms with Crippen molar-refractivity contribution in [3.8, 4) is 29.6 Å². The molecular formula is C44H50N6O9S. The van der Waals surface area contributed by atoms with Gasteiger partial charge in [-0.1, -0.05) is 51.0 Å². The Kier molecular flexibility index (Phi) is 15.4. The molecule has 5 rings (SSSR count). The van der Waals surface area contributed by atoms with Crippen LogP contribution in [-0.2, 0) is 29.6 Å². The number of sulfonamides is 1. The van der Waals surface area contributed by atoms with E-state index in [0.717, 1.165) is 0 Å². The quantitative estimate of drug-likeness (QED) is 0.0425. The first-order valence-electron chi connectivity index (χ1n) is 19.0. The zero-order valence-electron chi connectivity index (χ0n) is 34.4. The molecule has 0 unspecified atom stereocenters. The van der Waals surface area contributed by atoms with Crippen LogP contribution in [0.2, 0.25) is 0 Å². The van der Waals surface area contributed by atoms with Gasteiger partial charge < -0.3 is 45.0 Å². The number of nitrogens with one attached hydrogen (secondary N) is 5. The molecule has 5 N–H and O–H groups in total. The van der Waals surface area contributed by atoms with E-state index in [4.69, 9.17) is 30.1 Å². The van der Waals surface area contributed by atoms with E-state index in [1.54, 1.807) is 67.9 Å². The van der Waals surface area contributed by atoms with Crippen LogP contribution in [0.15, 0.2) is 90.0 Å². The summed E-state index contributed by atoms with van der Waals surface area (Å²) in [6, 6.07) is 21.9. The summed E-state index contributed by atoms with van der Waals surface area (Å²) in [6.45, 7) is 8.26. The summed E-state index contributed by atoms with van der Waals surface area (Å²) in [7, 11) is 0.329. The second-order valence-corrected chi connectivity index (χ2v) is 16.1. The third-order valence-corrected chi connectivity index (χ3v) is 10.4. The van der Waals surface area contributed by atoms with Gasteiger partial charge in [-0.3, -0.25) is 4.79 Å². The molecule has 0 atom stereocenters. The van der Waals surface area contributed by atoms with Crippen LogP contribution in [0.1, 0.15) is 42.3 Å². The van der Waals surface area contributed by atoms with Crippen LogP contribution in [-0.4, -0.2) is 86.2 Å². The predicted octanol–water partition coefficient (Wildman–Crippen LogP) is 7.02. The summed E-state index contributed by atoms with van der Waals surface area (Å²) in [5, 5.41) is 13.1. The normalized spacial score (nSPS) is 11.4. The third kappa shape index (κ3) is 11.9. The highest BCUT2D eigenvalue weighted by molar-refractivity contribution is 7.89. The summed E-state index contributed by atoms with van der Waals surface area (Å²) in [6.07, 6.45) is 7.30. The first-order chi connectivity index (χ1) is 28.8. The molecular weight excluding hydrogens is 789 g/mol. The first kappa shape index (κ1) is 44.9. The van der Waals surface area contributed by atoms with Crippen molar-refractivity contribution in [2.75, 3.05) is 76.8 Å². The minimum atomic E-state index is -3.93. The number of methoxy groups -OCH3 is 2. The van der Waals surface area contributed by atoms with Gasteiger partial charge in [0.2, 0.25) is 10.0 Å². The standard InChI is InChI=1S/C44H50N6O9S/c1-8-29-23-30(42(51)47-17-18-57-21-22-58-20-19-55-6)25-32(24-29)48-40-28-33(15-16-46-40)59-38-14-13-36(34-11-9-10-12-35(34)38)49-43(52)50-37-26-31(44(2,3)4)27-39(41(37)56-7)60(53,54)45-5/h1,9-16,23-28,45H,17-22H2,2-7H3,(H,46,48)(H,47,51)(H2,49,50,52). The number of rotatable bonds is 19. The van der Waals surface area contributed by atoms with Crippen LogP contribution in [0.5, 0.6) is 17.2 Å². The van der Waals surface area contributed by atoms with E-state index in [-0.39, 0.29) is 22.2 Å². The van der Waals surface area contributed by atoms with Crippen molar-refractivity contribution < 1.29 is 41.7 Å². The summed E-state index contributed by atoms with van der Waals surface area (Å²) in [5.74, 6) is 3.68. The number of hydrogen-bond donors (Lipinski definition) is 5. The van der Waals surface area contributed by atoms with E-state index in [0.29, 0.717) is 95.7 Å². The molecule has 0 aliphatic rings. The van der Waals surface area contributed by atoms with E-state index in [1.807, 2.05) is 45.0 Å². The molecule has 0 aliphatic carbocycles. The Hall–Kier alpha value is -6.22. The number of terminal acetylenes is 1. The fraction of sp³-hybridized carbons (Fsp3) is 0.295. The number of carbonyl (C=O) groups excluding carboxylic acids is 2. The maximum absolute atomic E-state index is 13.5. The molecule has 0 saturated heterocycles. The largest absolute Gasteiger partial charge is 0.493 e. The molecule has 16 heteroatoms. The molecule has 4 aromatic carbocycles. The van der Waals surface area contributed by atoms with Crippen LogP contribution < -0.4 is 35.5 Å². The van der Waals surface area contributed by atoms with Crippen molar-refractivity contribution in [2.45, 2.75) is 31.1 Å². The predicted molar refractivity (Wildman–Crippen MR) is 232 cm³/mol. The molecule has 0 spiro atoms. The minimum Gasteiger partial charge on any atom is -0.493 e. The molecule has 1 heterocycles. The number of hydrogen-bond acceptors (Lipinski definition) is 11.